The number of aryl methyl sites for hydroxylation is 1. The SMILES string of the molecule is Cc1ccccc1SCc1cc2ccccc2nc1Cl. The Balaban J connectivity index is 1.87. The van der Waals surface area contributed by atoms with Crippen molar-refractivity contribution in [2.45, 2.75) is 17.6 Å². The van der Waals surface area contributed by atoms with Gasteiger partial charge in [-0.2, -0.15) is 0 Å². The summed E-state index contributed by atoms with van der Waals surface area (Å²) in [5, 5.41) is 1.74. The van der Waals surface area contributed by atoms with E-state index in [0.717, 1.165) is 22.2 Å². The maximum atomic E-state index is 6.28. The van der Waals surface area contributed by atoms with Crippen LogP contribution < -0.4 is 0 Å². The van der Waals surface area contributed by atoms with Crippen LogP contribution in [0.5, 0.6) is 0 Å². The topological polar surface area (TPSA) is 12.9 Å². The van der Waals surface area contributed by atoms with Crippen LogP contribution in [0.15, 0.2) is 59.5 Å². The van der Waals surface area contributed by atoms with Crippen molar-refractivity contribution in [2.75, 3.05) is 0 Å². The summed E-state index contributed by atoms with van der Waals surface area (Å²) in [6, 6.07) is 18.6. The molecule has 0 unspecified atom stereocenters. The highest BCUT2D eigenvalue weighted by Crippen LogP contribution is 2.29. The first kappa shape index (κ1) is 13.5. The van der Waals surface area contributed by atoms with Crippen molar-refractivity contribution in [3.63, 3.8) is 0 Å². The molecule has 100 valence electrons. The fourth-order valence-corrected chi connectivity index (χ4v) is 3.40. The fourth-order valence-electron chi connectivity index (χ4n) is 2.11. The predicted molar refractivity (Wildman–Crippen MR) is 87.5 cm³/mol. The molecule has 0 amide bonds. The maximum Gasteiger partial charge on any atom is 0.133 e. The highest BCUT2D eigenvalue weighted by Gasteiger charge is 2.06. The molecule has 3 heteroatoms. The van der Waals surface area contributed by atoms with Gasteiger partial charge in [-0.1, -0.05) is 48.0 Å². The first-order valence-corrected chi connectivity index (χ1v) is 7.83. The van der Waals surface area contributed by atoms with Crippen LogP contribution in [0.2, 0.25) is 5.15 Å². The molecule has 0 radical (unpaired) electrons. The zero-order chi connectivity index (χ0) is 13.9. The maximum absolute atomic E-state index is 6.28. The molecule has 1 aromatic heterocycles. The van der Waals surface area contributed by atoms with E-state index in [4.69, 9.17) is 11.6 Å². The van der Waals surface area contributed by atoms with E-state index in [0.29, 0.717) is 5.15 Å². The molecular formula is C17H14ClNS. The van der Waals surface area contributed by atoms with Crippen LogP contribution in [0.25, 0.3) is 10.9 Å². The van der Waals surface area contributed by atoms with E-state index in [2.05, 4.69) is 48.3 Å². The van der Waals surface area contributed by atoms with Gasteiger partial charge in [-0.05, 0) is 30.7 Å². The summed E-state index contributed by atoms with van der Waals surface area (Å²) in [6.45, 7) is 2.13. The summed E-state index contributed by atoms with van der Waals surface area (Å²) < 4.78 is 0. The zero-order valence-corrected chi connectivity index (χ0v) is 12.7. The molecule has 0 fully saturated rings. The van der Waals surface area contributed by atoms with E-state index in [1.54, 1.807) is 11.8 Å². The third kappa shape index (κ3) is 2.82. The molecule has 0 aliphatic rings. The minimum Gasteiger partial charge on any atom is -0.236 e. The van der Waals surface area contributed by atoms with Crippen LogP contribution in [0.3, 0.4) is 0 Å². The molecule has 0 N–H and O–H groups in total. The summed E-state index contributed by atoms with van der Waals surface area (Å²) >= 11 is 8.08. The van der Waals surface area contributed by atoms with Crippen LogP contribution >= 0.6 is 23.4 Å². The van der Waals surface area contributed by atoms with E-state index < -0.39 is 0 Å². The molecule has 1 nitrogen and oxygen atoms in total. The molecule has 0 spiro atoms. The van der Waals surface area contributed by atoms with Crippen molar-refractivity contribution in [1.82, 2.24) is 4.98 Å². The Bertz CT molecular complexity index is 755. The quantitative estimate of drug-likeness (QED) is 0.468. The summed E-state index contributed by atoms with van der Waals surface area (Å²) in [7, 11) is 0. The van der Waals surface area contributed by atoms with Gasteiger partial charge < -0.3 is 0 Å². The van der Waals surface area contributed by atoms with Crippen LogP contribution in [0.1, 0.15) is 11.1 Å². The van der Waals surface area contributed by atoms with Gasteiger partial charge >= 0.3 is 0 Å². The van der Waals surface area contributed by atoms with Crippen LogP contribution in [0, 0.1) is 6.92 Å². The summed E-state index contributed by atoms with van der Waals surface area (Å²) in [6.07, 6.45) is 0. The fraction of sp³-hybridized carbons (Fsp3) is 0.118. The van der Waals surface area contributed by atoms with Crippen molar-refractivity contribution in [1.29, 1.82) is 0 Å². The number of benzene rings is 2. The average Bonchev–Trinajstić information content (AvgIpc) is 2.46. The Hall–Kier alpha value is -1.51. The van der Waals surface area contributed by atoms with Crippen molar-refractivity contribution in [3.05, 3.63) is 70.9 Å². The van der Waals surface area contributed by atoms with Crippen molar-refractivity contribution < 1.29 is 0 Å². The first-order chi connectivity index (χ1) is 9.74. The second kappa shape index (κ2) is 5.86. The van der Waals surface area contributed by atoms with E-state index >= 15 is 0 Å². The lowest BCUT2D eigenvalue weighted by atomic mass is 10.2. The van der Waals surface area contributed by atoms with Crippen molar-refractivity contribution in [3.8, 4) is 0 Å². The largest absolute Gasteiger partial charge is 0.236 e. The van der Waals surface area contributed by atoms with Gasteiger partial charge in [0.15, 0.2) is 0 Å². The zero-order valence-electron chi connectivity index (χ0n) is 11.1. The number of rotatable bonds is 3. The third-order valence-corrected chi connectivity index (χ3v) is 4.78. The molecule has 0 atom stereocenters. The molecule has 0 saturated carbocycles. The van der Waals surface area contributed by atoms with E-state index in [9.17, 15) is 0 Å². The summed E-state index contributed by atoms with van der Waals surface area (Å²) in [4.78, 5) is 5.75. The molecule has 3 aromatic rings. The Morgan fingerprint density at radius 1 is 1.05 bits per heavy atom. The lowest BCUT2D eigenvalue weighted by Gasteiger charge is -2.08. The van der Waals surface area contributed by atoms with Gasteiger partial charge in [0.05, 0.1) is 5.52 Å². The first-order valence-electron chi connectivity index (χ1n) is 6.46. The van der Waals surface area contributed by atoms with E-state index in [1.807, 2.05) is 18.2 Å². The Morgan fingerprint density at radius 2 is 1.80 bits per heavy atom. The van der Waals surface area contributed by atoms with Gasteiger partial charge in [0, 0.05) is 21.6 Å². The predicted octanol–water partition coefficient (Wildman–Crippen LogP) is 5.49. The molecule has 20 heavy (non-hydrogen) atoms. The summed E-state index contributed by atoms with van der Waals surface area (Å²) in [5.41, 5.74) is 3.32. The van der Waals surface area contributed by atoms with Crippen LogP contribution in [0.4, 0.5) is 0 Å². The van der Waals surface area contributed by atoms with Gasteiger partial charge in [0.25, 0.3) is 0 Å². The minimum atomic E-state index is 0.602. The number of hydrogen-bond acceptors (Lipinski definition) is 2. The molecule has 0 bridgehead atoms. The van der Waals surface area contributed by atoms with Gasteiger partial charge in [-0.25, -0.2) is 4.98 Å². The second-order valence-electron chi connectivity index (χ2n) is 4.69. The van der Waals surface area contributed by atoms with Gasteiger partial charge in [0.2, 0.25) is 0 Å². The lowest BCUT2D eigenvalue weighted by Crippen LogP contribution is -1.89. The average molecular weight is 300 g/mol. The molecule has 2 aromatic carbocycles. The number of fused-ring (bicyclic) bond motifs is 1. The van der Waals surface area contributed by atoms with Crippen molar-refractivity contribution in [2.24, 2.45) is 0 Å². The number of nitrogens with zero attached hydrogens (tertiary/aromatic N) is 1. The number of pyridine rings is 1. The van der Waals surface area contributed by atoms with Gasteiger partial charge in [-0.3, -0.25) is 0 Å². The molecular weight excluding hydrogens is 286 g/mol. The molecule has 0 aliphatic carbocycles. The smallest absolute Gasteiger partial charge is 0.133 e. The monoisotopic (exact) mass is 299 g/mol. The number of aromatic nitrogens is 1. The summed E-state index contributed by atoms with van der Waals surface area (Å²) in [5.74, 6) is 0.835. The second-order valence-corrected chi connectivity index (χ2v) is 6.06. The number of para-hydroxylation sites is 1. The molecule has 0 saturated heterocycles. The highest BCUT2D eigenvalue weighted by molar-refractivity contribution is 7.98. The van der Waals surface area contributed by atoms with E-state index in [-0.39, 0.29) is 0 Å². The number of thioether (sulfide) groups is 1. The van der Waals surface area contributed by atoms with Crippen LogP contribution in [-0.4, -0.2) is 4.98 Å². The molecule has 3 rings (SSSR count). The highest BCUT2D eigenvalue weighted by atomic mass is 35.5. The Kier molecular flexibility index (Phi) is 3.95. The third-order valence-electron chi connectivity index (χ3n) is 3.23. The Morgan fingerprint density at radius 3 is 2.65 bits per heavy atom. The van der Waals surface area contributed by atoms with Crippen LogP contribution in [-0.2, 0) is 5.75 Å². The molecule has 1 heterocycles. The van der Waals surface area contributed by atoms with E-state index in [1.165, 1.54) is 10.5 Å². The number of hydrogen-bond donors (Lipinski definition) is 0. The molecule has 0 aliphatic heterocycles. The minimum absolute atomic E-state index is 0.602. The number of halogens is 1. The Labute approximate surface area is 128 Å². The van der Waals surface area contributed by atoms with Gasteiger partial charge in [-0.15, -0.1) is 11.8 Å². The lowest BCUT2D eigenvalue weighted by molar-refractivity contribution is 1.27. The standard InChI is InChI=1S/C17H14ClNS/c1-12-6-2-5-9-16(12)20-11-14-10-13-7-3-4-8-15(13)19-17(14)18/h2-10H,11H2,1H3. The van der Waals surface area contributed by atoms with Gasteiger partial charge in [0.1, 0.15) is 5.15 Å². The normalized spacial score (nSPS) is 10.9. The van der Waals surface area contributed by atoms with Crippen molar-refractivity contribution >= 4 is 34.3 Å².